The lowest BCUT2D eigenvalue weighted by molar-refractivity contribution is -0.132. The second kappa shape index (κ2) is 13.0. The average Bonchev–Trinajstić information content (AvgIpc) is 2.55. The number of unbranched alkanes of at least 4 members (excludes halogenated alkanes) is 1. The number of hydrogen-bond donors (Lipinski definition) is 3. The van der Waals surface area contributed by atoms with Crippen molar-refractivity contribution in [3.8, 4) is 11.5 Å². The molecule has 2 aromatic carbocycles. The van der Waals surface area contributed by atoms with Crippen LogP contribution in [0.25, 0.3) is 0 Å². The van der Waals surface area contributed by atoms with E-state index >= 15 is 0 Å². The summed E-state index contributed by atoms with van der Waals surface area (Å²) in [4.78, 5) is 10.1. The predicted molar refractivity (Wildman–Crippen MR) is 92.5 cm³/mol. The normalized spacial score (nSPS) is 9.74. The van der Waals surface area contributed by atoms with E-state index in [1.54, 1.807) is 61.5 Å². The molecule has 0 spiro atoms. The van der Waals surface area contributed by atoms with Gasteiger partial charge in [-0.05, 0) is 37.6 Å². The molecule has 0 aliphatic carbocycles. The molecule has 0 heterocycles. The third-order valence-electron chi connectivity index (χ3n) is 2.59. The van der Waals surface area contributed by atoms with Gasteiger partial charge in [-0.2, -0.15) is 0 Å². The van der Waals surface area contributed by atoms with Gasteiger partial charge in [0.25, 0.3) is 0 Å². The molecule has 4 nitrogen and oxygen atoms in total. The highest BCUT2D eigenvalue weighted by molar-refractivity contribution is 5.85. The van der Waals surface area contributed by atoms with Crippen molar-refractivity contribution in [3.63, 3.8) is 0 Å². The monoisotopic (exact) mass is 316 g/mol. The molecule has 0 atom stereocenters. The van der Waals surface area contributed by atoms with E-state index in [-0.39, 0.29) is 0 Å². The fraction of sp³-hybridized carbons (Fsp3) is 0.211. The molecule has 124 valence electrons. The minimum atomic E-state index is -0.816. The standard InChI is InChI=1S/C7H12O2.2C6H6O/c1-3-4-5-6(2)7(8)9;2*7-6-4-2-1-3-5-6/h5H,3-4H2,1-2H3,(H,8,9);2*1-5,7H. The Kier molecular flexibility index (Phi) is 11.4. The molecule has 0 radical (unpaired) electrons. The van der Waals surface area contributed by atoms with Gasteiger partial charge in [-0.15, -0.1) is 0 Å². The van der Waals surface area contributed by atoms with Crippen molar-refractivity contribution in [2.75, 3.05) is 0 Å². The van der Waals surface area contributed by atoms with Crippen molar-refractivity contribution in [1.82, 2.24) is 0 Å². The lowest BCUT2D eigenvalue weighted by atomic mass is 10.2. The third kappa shape index (κ3) is 12.7. The number of carboxylic acids is 1. The molecule has 0 amide bonds. The average molecular weight is 316 g/mol. The first-order valence-corrected chi connectivity index (χ1v) is 7.35. The largest absolute Gasteiger partial charge is 0.508 e. The van der Waals surface area contributed by atoms with Gasteiger partial charge in [0.2, 0.25) is 0 Å². The van der Waals surface area contributed by atoms with E-state index in [0.717, 1.165) is 12.8 Å². The van der Waals surface area contributed by atoms with E-state index in [2.05, 4.69) is 0 Å². The second-order valence-electron chi connectivity index (χ2n) is 4.65. The van der Waals surface area contributed by atoms with Crippen molar-refractivity contribution < 1.29 is 20.1 Å². The van der Waals surface area contributed by atoms with E-state index in [1.807, 2.05) is 19.1 Å². The van der Waals surface area contributed by atoms with Gasteiger partial charge < -0.3 is 15.3 Å². The first-order valence-electron chi connectivity index (χ1n) is 7.35. The lowest BCUT2D eigenvalue weighted by Crippen LogP contribution is -1.95. The van der Waals surface area contributed by atoms with Crippen molar-refractivity contribution in [2.45, 2.75) is 26.7 Å². The fourth-order valence-corrected chi connectivity index (χ4v) is 1.30. The van der Waals surface area contributed by atoms with Crippen LogP contribution >= 0.6 is 0 Å². The topological polar surface area (TPSA) is 77.8 Å². The summed E-state index contributed by atoms with van der Waals surface area (Å²) in [5, 5.41) is 25.6. The lowest BCUT2D eigenvalue weighted by Gasteiger charge is -1.89. The van der Waals surface area contributed by atoms with Crippen molar-refractivity contribution >= 4 is 5.97 Å². The molecule has 0 saturated carbocycles. The molecule has 2 rings (SSSR count). The Morgan fingerprint density at radius 3 is 1.52 bits per heavy atom. The Morgan fingerprint density at radius 1 is 0.913 bits per heavy atom. The summed E-state index contributed by atoms with van der Waals surface area (Å²) >= 11 is 0. The number of benzene rings is 2. The zero-order valence-corrected chi connectivity index (χ0v) is 13.5. The van der Waals surface area contributed by atoms with Crippen LogP contribution in [0.3, 0.4) is 0 Å². The zero-order chi connectivity index (χ0) is 17.5. The van der Waals surface area contributed by atoms with Gasteiger partial charge in [-0.3, -0.25) is 0 Å². The molecule has 0 saturated heterocycles. The summed E-state index contributed by atoms with van der Waals surface area (Å²) in [7, 11) is 0. The van der Waals surface area contributed by atoms with Crippen molar-refractivity contribution in [1.29, 1.82) is 0 Å². The molecule has 0 aliphatic heterocycles. The highest BCUT2D eigenvalue weighted by Gasteiger charge is 1.95. The van der Waals surface area contributed by atoms with Crippen molar-refractivity contribution in [3.05, 3.63) is 72.3 Å². The quantitative estimate of drug-likeness (QED) is 0.723. The van der Waals surface area contributed by atoms with Crippen LogP contribution in [0.15, 0.2) is 72.3 Å². The molecule has 4 heteroatoms. The SMILES string of the molecule is CCCC=C(C)C(=O)O.Oc1ccccc1.Oc1ccccc1. The van der Waals surface area contributed by atoms with Gasteiger partial charge in [-0.25, -0.2) is 4.79 Å². The maximum Gasteiger partial charge on any atom is 0.330 e. The summed E-state index contributed by atoms with van der Waals surface area (Å²) in [5.41, 5.74) is 0.442. The number of hydrogen-bond acceptors (Lipinski definition) is 3. The van der Waals surface area contributed by atoms with Gasteiger partial charge in [0.15, 0.2) is 0 Å². The number of phenolic OH excluding ortho intramolecular Hbond substituents is 2. The first-order chi connectivity index (χ1) is 11.0. The van der Waals surface area contributed by atoms with Crippen LogP contribution in [-0.2, 0) is 4.79 Å². The summed E-state index contributed by atoms with van der Waals surface area (Å²) in [6.07, 6.45) is 3.60. The second-order valence-corrected chi connectivity index (χ2v) is 4.65. The molecule has 2 aromatic rings. The van der Waals surface area contributed by atoms with Gasteiger partial charge >= 0.3 is 5.97 Å². The van der Waals surface area contributed by atoms with Crippen LogP contribution in [0.5, 0.6) is 11.5 Å². The Morgan fingerprint density at radius 2 is 1.30 bits per heavy atom. The molecule has 0 aromatic heterocycles. The Hall–Kier alpha value is -2.75. The van der Waals surface area contributed by atoms with E-state index in [4.69, 9.17) is 15.3 Å². The highest BCUT2D eigenvalue weighted by Crippen LogP contribution is 2.03. The molecule has 0 fully saturated rings. The van der Waals surface area contributed by atoms with Crippen LogP contribution in [-0.4, -0.2) is 21.3 Å². The smallest absolute Gasteiger partial charge is 0.330 e. The highest BCUT2D eigenvalue weighted by atomic mass is 16.4. The van der Waals surface area contributed by atoms with Crippen LogP contribution in [0.1, 0.15) is 26.7 Å². The van der Waals surface area contributed by atoms with Gasteiger partial charge in [0.05, 0.1) is 0 Å². The summed E-state index contributed by atoms with van der Waals surface area (Å²) in [6.45, 7) is 3.63. The van der Waals surface area contributed by atoms with E-state index in [9.17, 15) is 4.79 Å². The molecular weight excluding hydrogens is 292 g/mol. The van der Waals surface area contributed by atoms with Crippen LogP contribution < -0.4 is 0 Å². The van der Waals surface area contributed by atoms with Crippen molar-refractivity contribution in [2.24, 2.45) is 0 Å². The molecular formula is C19H24O4. The molecule has 0 aliphatic rings. The van der Waals surface area contributed by atoms with E-state index in [1.165, 1.54) is 0 Å². The maximum absolute atomic E-state index is 10.1. The van der Waals surface area contributed by atoms with Gasteiger partial charge in [0, 0.05) is 5.57 Å². The molecule has 0 unspecified atom stereocenters. The van der Waals surface area contributed by atoms with Crippen LogP contribution in [0, 0.1) is 0 Å². The van der Waals surface area contributed by atoms with Crippen LogP contribution in [0.4, 0.5) is 0 Å². The number of carboxylic acid groups (broad SMARTS) is 1. The van der Waals surface area contributed by atoms with E-state index < -0.39 is 5.97 Å². The predicted octanol–water partition coefficient (Wildman–Crippen LogP) is 4.60. The van der Waals surface area contributed by atoms with E-state index in [0.29, 0.717) is 17.1 Å². The number of rotatable bonds is 3. The third-order valence-corrected chi connectivity index (χ3v) is 2.59. The Bertz CT molecular complexity index is 525. The number of allylic oxidation sites excluding steroid dienone is 1. The Labute approximate surface area is 137 Å². The first kappa shape index (κ1) is 20.2. The Balaban J connectivity index is 0.000000318. The zero-order valence-electron chi connectivity index (χ0n) is 13.5. The minimum Gasteiger partial charge on any atom is -0.508 e. The molecule has 23 heavy (non-hydrogen) atoms. The van der Waals surface area contributed by atoms with Gasteiger partial charge in [0.1, 0.15) is 11.5 Å². The summed E-state index contributed by atoms with van der Waals surface area (Å²) in [5.74, 6) is -0.173. The number of carbonyl (C=O) groups is 1. The summed E-state index contributed by atoms with van der Waals surface area (Å²) in [6, 6.07) is 17.4. The maximum atomic E-state index is 10.1. The fourth-order valence-electron chi connectivity index (χ4n) is 1.30. The number of aliphatic carboxylic acids is 1. The summed E-state index contributed by atoms with van der Waals surface area (Å²) < 4.78 is 0. The van der Waals surface area contributed by atoms with Gasteiger partial charge in [-0.1, -0.05) is 55.8 Å². The molecule has 3 N–H and O–H groups in total. The minimum absolute atomic E-state index is 0.322. The van der Waals surface area contributed by atoms with Crippen LogP contribution in [0.2, 0.25) is 0 Å². The number of aromatic hydroxyl groups is 2. The number of phenols is 2. The number of para-hydroxylation sites is 2. The molecule has 0 bridgehead atoms.